The summed E-state index contributed by atoms with van der Waals surface area (Å²) >= 11 is 1.79. The highest BCUT2D eigenvalue weighted by Crippen LogP contribution is 2.21. The molecule has 0 amide bonds. The van der Waals surface area contributed by atoms with Crippen molar-refractivity contribution < 1.29 is 0 Å². The molecule has 0 aromatic carbocycles. The van der Waals surface area contributed by atoms with Crippen molar-refractivity contribution in [3.63, 3.8) is 0 Å². The zero-order chi connectivity index (χ0) is 6.69. The van der Waals surface area contributed by atoms with Gasteiger partial charge in [0.2, 0.25) is 0 Å². The third kappa shape index (κ3) is 1.48. The van der Waals surface area contributed by atoms with Crippen molar-refractivity contribution in [3.05, 3.63) is 18.2 Å². The van der Waals surface area contributed by atoms with Crippen molar-refractivity contribution in [1.29, 1.82) is 0 Å². The lowest BCUT2D eigenvalue weighted by atomic mass is 10.5. The van der Waals surface area contributed by atoms with Gasteiger partial charge in [-0.25, -0.2) is 4.98 Å². The van der Waals surface area contributed by atoms with Crippen LogP contribution in [0.4, 0.5) is 0 Å². The molecule has 1 aromatic rings. The fourth-order valence-corrected chi connectivity index (χ4v) is 0.964. The van der Waals surface area contributed by atoms with Crippen LogP contribution in [0.3, 0.4) is 0 Å². The first-order valence-electron chi connectivity index (χ1n) is 2.86. The number of aromatic nitrogens is 2. The molecule has 0 aliphatic carbocycles. The molecular formula is C6H10N2S. The molecule has 1 N–H and O–H groups in total. The van der Waals surface area contributed by atoms with Crippen LogP contribution in [-0.4, -0.2) is 16.2 Å². The van der Waals surface area contributed by atoms with Crippen LogP contribution in [0.1, 0.15) is 18.0 Å². The Morgan fingerprint density at radius 3 is 3.00 bits per heavy atom. The van der Waals surface area contributed by atoms with Crippen molar-refractivity contribution in [2.45, 2.75) is 12.2 Å². The molecule has 1 rings (SSSR count). The van der Waals surface area contributed by atoms with Crippen molar-refractivity contribution in [2.24, 2.45) is 0 Å². The molecule has 0 aliphatic heterocycles. The second kappa shape index (κ2) is 2.92. The molecule has 2 nitrogen and oxygen atoms in total. The highest BCUT2D eigenvalue weighted by Gasteiger charge is 2.02. The molecule has 0 aliphatic rings. The minimum absolute atomic E-state index is 0.486. The van der Waals surface area contributed by atoms with Gasteiger partial charge in [0.1, 0.15) is 5.82 Å². The molecule has 0 bridgehead atoms. The maximum atomic E-state index is 4.11. The fourth-order valence-electron chi connectivity index (χ4n) is 0.611. The molecule has 1 aromatic heterocycles. The lowest BCUT2D eigenvalue weighted by Gasteiger charge is -2.01. The van der Waals surface area contributed by atoms with Gasteiger partial charge in [-0.05, 0) is 13.2 Å². The van der Waals surface area contributed by atoms with E-state index >= 15 is 0 Å². The summed E-state index contributed by atoms with van der Waals surface area (Å²) in [6, 6.07) is 0. The highest BCUT2D eigenvalue weighted by atomic mass is 32.2. The molecule has 50 valence electrons. The molecule has 0 fully saturated rings. The Morgan fingerprint density at radius 1 is 1.78 bits per heavy atom. The van der Waals surface area contributed by atoms with Crippen LogP contribution >= 0.6 is 11.8 Å². The second-order valence-corrected chi connectivity index (χ2v) is 3.03. The average molecular weight is 142 g/mol. The van der Waals surface area contributed by atoms with E-state index in [-0.39, 0.29) is 0 Å². The van der Waals surface area contributed by atoms with Gasteiger partial charge in [0.15, 0.2) is 0 Å². The van der Waals surface area contributed by atoms with Crippen LogP contribution in [-0.2, 0) is 0 Å². The van der Waals surface area contributed by atoms with Crippen molar-refractivity contribution in [1.82, 2.24) is 9.97 Å². The highest BCUT2D eigenvalue weighted by molar-refractivity contribution is 7.98. The number of aromatic amines is 1. The average Bonchev–Trinajstić information content (AvgIpc) is 2.37. The van der Waals surface area contributed by atoms with Crippen molar-refractivity contribution in [2.75, 3.05) is 6.26 Å². The van der Waals surface area contributed by atoms with E-state index in [9.17, 15) is 0 Å². The SMILES string of the molecule is CSC(C)c1ncc[nH]1. The quantitative estimate of drug-likeness (QED) is 0.682. The second-order valence-electron chi connectivity index (χ2n) is 1.85. The minimum Gasteiger partial charge on any atom is -0.348 e. The summed E-state index contributed by atoms with van der Waals surface area (Å²) in [7, 11) is 0. The number of hydrogen-bond donors (Lipinski definition) is 1. The fraction of sp³-hybridized carbons (Fsp3) is 0.500. The largest absolute Gasteiger partial charge is 0.348 e. The van der Waals surface area contributed by atoms with E-state index in [0.29, 0.717) is 5.25 Å². The van der Waals surface area contributed by atoms with Crippen LogP contribution in [0.15, 0.2) is 12.4 Å². The Hall–Kier alpha value is -0.440. The molecule has 0 saturated heterocycles. The Labute approximate surface area is 59.1 Å². The third-order valence-corrected chi connectivity index (χ3v) is 2.19. The maximum Gasteiger partial charge on any atom is 0.118 e. The third-order valence-electron chi connectivity index (χ3n) is 1.26. The summed E-state index contributed by atoms with van der Waals surface area (Å²) in [6.07, 6.45) is 5.71. The molecule has 1 atom stereocenters. The van der Waals surface area contributed by atoms with Crippen LogP contribution in [0.5, 0.6) is 0 Å². The van der Waals surface area contributed by atoms with Crippen LogP contribution in [0.25, 0.3) is 0 Å². The Kier molecular flexibility index (Phi) is 2.16. The van der Waals surface area contributed by atoms with E-state index < -0.39 is 0 Å². The predicted octanol–water partition coefficient (Wildman–Crippen LogP) is 1.83. The monoisotopic (exact) mass is 142 g/mol. The van der Waals surface area contributed by atoms with Gasteiger partial charge in [-0.1, -0.05) is 0 Å². The standard InChI is InChI=1S/C6H10N2S/c1-5(9-2)6-7-3-4-8-6/h3-5H,1-2H3,(H,7,8). The van der Waals surface area contributed by atoms with Gasteiger partial charge in [0.25, 0.3) is 0 Å². The Balaban J connectivity index is 2.65. The molecule has 0 radical (unpaired) electrons. The number of nitrogens with zero attached hydrogens (tertiary/aromatic N) is 1. The van der Waals surface area contributed by atoms with Gasteiger partial charge >= 0.3 is 0 Å². The number of hydrogen-bond acceptors (Lipinski definition) is 2. The molecule has 1 unspecified atom stereocenters. The Bertz CT molecular complexity index is 160. The Morgan fingerprint density at radius 2 is 2.56 bits per heavy atom. The predicted molar refractivity (Wildman–Crippen MR) is 40.5 cm³/mol. The zero-order valence-corrected chi connectivity index (χ0v) is 6.40. The van der Waals surface area contributed by atoms with E-state index in [1.54, 1.807) is 18.0 Å². The molecule has 0 spiro atoms. The van der Waals surface area contributed by atoms with E-state index in [1.807, 2.05) is 6.20 Å². The summed E-state index contributed by atoms with van der Waals surface area (Å²) < 4.78 is 0. The number of imidazole rings is 1. The summed E-state index contributed by atoms with van der Waals surface area (Å²) in [4.78, 5) is 7.17. The van der Waals surface area contributed by atoms with Crippen molar-refractivity contribution in [3.8, 4) is 0 Å². The van der Waals surface area contributed by atoms with Crippen LogP contribution < -0.4 is 0 Å². The first-order chi connectivity index (χ1) is 4.34. The lowest BCUT2D eigenvalue weighted by molar-refractivity contribution is 0.966. The topological polar surface area (TPSA) is 28.7 Å². The summed E-state index contributed by atoms with van der Waals surface area (Å²) in [5.74, 6) is 1.06. The summed E-state index contributed by atoms with van der Waals surface area (Å²) in [6.45, 7) is 2.13. The van der Waals surface area contributed by atoms with Gasteiger partial charge in [0.05, 0.1) is 5.25 Å². The molecule has 1 heterocycles. The maximum absolute atomic E-state index is 4.11. The van der Waals surface area contributed by atoms with Gasteiger partial charge in [-0.15, -0.1) is 0 Å². The smallest absolute Gasteiger partial charge is 0.118 e. The molecule has 3 heteroatoms. The molecule has 9 heavy (non-hydrogen) atoms. The van der Waals surface area contributed by atoms with Crippen LogP contribution in [0.2, 0.25) is 0 Å². The van der Waals surface area contributed by atoms with Gasteiger partial charge in [-0.2, -0.15) is 11.8 Å². The summed E-state index contributed by atoms with van der Waals surface area (Å²) in [5, 5.41) is 0.486. The molecule has 0 saturated carbocycles. The van der Waals surface area contributed by atoms with Gasteiger partial charge in [0, 0.05) is 12.4 Å². The van der Waals surface area contributed by atoms with E-state index in [1.165, 1.54) is 0 Å². The molecular weight excluding hydrogens is 132 g/mol. The zero-order valence-electron chi connectivity index (χ0n) is 5.59. The van der Waals surface area contributed by atoms with E-state index in [4.69, 9.17) is 0 Å². The number of nitrogens with one attached hydrogen (secondary N) is 1. The first-order valence-corrected chi connectivity index (χ1v) is 4.15. The van der Waals surface area contributed by atoms with Crippen LogP contribution in [0, 0.1) is 0 Å². The number of H-pyrrole nitrogens is 1. The van der Waals surface area contributed by atoms with Gasteiger partial charge < -0.3 is 4.98 Å². The van der Waals surface area contributed by atoms with Gasteiger partial charge in [-0.3, -0.25) is 0 Å². The minimum atomic E-state index is 0.486. The normalized spacial score (nSPS) is 13.6. The number of rotatable bonds is 2. The van der Waals surface area contributed by atoms with Crippen molar-refractivity contribution >= 4 is 11.8 Å². The lowest BCUT2D eigenvalue weighted by Crippen LogP contribution is -1.88. The number of thioether (sulfide) groups is 1. The van der Waals surface area contributed by atoms with E-state index in [0.717, 1.165) is 5.82 Å². The first kappa shape index (κ1) is 6.68. The summed E-state index contributed by atoms with van der Waals surface area (Å²) in [5.41, 5.74) is 0. The van der Waals surface area contributed by atoms with E-state index in [2.05, 4.69) is 23.1 Å².